The smallest absolute Gasteiger partial charge is 0.411 e. The van der Waals surface area contributed by atoms with Gasteiger partial charge < -0.3 is 9.64 Å². The van der Waals surface area contributed by atoms with Crippen LogP contribution in [0.2, 0.25) is 0 Å². The molecule has 30 heavy (non-hydrogen) atoms. The fourth-order valence-electron chi connectivity index (χ4n) is 3.94. The van der Waals surface area contributed by atoms with E-state index in [4.69, 9.17) is 4.74 Å². The zero-order valence-corrected chi connectivity index (χ0v) is 33.0. The van der Waals surface area contributed by atoms with Crippen molar-refractivity contribution in [1.82, 2.24) is 4.90 Å². The molecule has 0 radical (unpaired) electrons. The zero-order valence-electron chi connectivity index (χ0n) is 15.8. The van der Waals surface area contributed by atoms with E-state index >= 15 is 0 Å². The maximum atomic E-state index is 12.9. The molecule has 0 N–H and O–H groups in total. The van der Waals surface area contributed by atoms with Crippen molar-refractivity contribution in [3.8, 4) is 0 Å². The Bertz CT molecular complexity index is 752. The number of carbonyl (C=O) groups is 1. The molecule has 1 aromatic carbocycles. The number of rotatable bonds is 9. The summed E-state index contributed by atoms with van der Waals surface area (Å²) in [5.41, 5.74) is 8.64. The van der Waals surface area contributed by atoms with E-state index in [0.717, 1.165) is 33.1 Å². The summed E-state index contributed by atoms with van der Waals surface area (Å²) in [4.78, 5) is 17.5. The van der Waals surface area contributed by atoms with Crippen LogP contribution >= 0.6 is 181 Å². The van der Waals surface area contributed by atoms with Gasteiger partial charge in [-0.2, -0.15) is 0 Å². The Hall–Kier alpha value is 4.13. The third kappa shape index (κ3) is 6.52. The van der Waals surface area contributed by atoms with Crippen molar-refractivity contribution >= 4 is 193 Å². The number of amides is 1. The minimum atomic E-state index is -0.200. The average molecular weight is 1310 g/mol. The van der Waals surface area contributed by atoms with Crippen LogP contribution in [0.4, 0.5) is 10.5 Å². The van der Waals surface area contributed by atoms with Crippen molar-refractivity contribution in [3.05, 3.63) is 27.8 Å². The highest BCUT2D eigenvalue weighted by atomic mass is 127. The number of hydrogen-bond donors (Lipinski definition) is 0. The monoisotopic (exact) mass is 1310 g/mol. The first kappa shape index (κ1) is 30.4. The van der Waals surface area contributed by atoms with Gasteiger partial charge in [0.25, 0.3) is 0 Å². The lowest BCUT2D eigenvalue weighted by Crippen LogP contribution is -2.47. The number of hydrogen-bond acceptors (Lipinski definition) is 3. The molecule has 12 heteroatoms. The molecule has 0 bridgehead atoms. The number of anilines is 1. The minimum Gasteiger partial charge on any atom is -0.439 e. The first-order valence-electron chi connectivity index (χ1n) is 8.86. The van der Waals surface area contributed by atoms with Crippen LogP contribution in [-0.4, -0.2) is 35.2 Å². The summed E-state index contributed by atoms with van der Waals surface area (Å²) in [6.45, 7) is 0. The molecule has 1 aliphatic heterocycles. The van der Waals surface area contributed by atoms with Crippen molar-refractivity contribution < 1.29 is 9.53 Å². The Morgan fingerprint density at radius 2 is 1.47 bits per heavy atom. The quantitative estimate of drug-likeness (QED) is 0.141. The molecular formula is C18H20I8N2O2. The number of alkyl halides is 8. The van der Waals surface area contributed by atoms with Gasteiger partial charge in [0, 0.05) is 39.4 Å². The number of benzene rings is 1. The molecule has 0 aliphatic carbocycles. The van der Waals surface area contributed by atoms with Crippen LogP contribution in [0.25, 0.3) is 0 Å². The van der Waals surface area contributed by atoms with Crippen molar-refractivity contribution in [1.29, 1.82) is 0 Å². The Morgan fingerprint density at radius 3 is 1.90 bits per heavy atom. The molecular weight excluding hydrogens is 1290 g/mol. The summed E-state index contributed by atoms with van der Waals surface area (Å²) in [6, 6.07) is 0.469. The van der Waals surface area contributed by atoms with E-state index in [1.807, 2.05) is 4.90 Å². The molecule has 2 rings (SSSR count). The fraction of sp³-hybridized carbons (Fsp3) is 0.611. The van der Waals surface area contributed by atoms with E-state index in [1.54, 1.807) is 0 Å². The number of ether oxygens (including phenoxy) is 1. The van der Waals surface area contributed by atoms with Gasteiger partial charge in [0.2, 0.25) is 0 Å². The highest BCUT2D eigenvalue weighted by molar-refractivity contribution is 14.1. The Balaban J connectivity index is 2.91. The van der Waals surface area contributed by atoms with E-state index in [-0.39, 0.29) is 12.1 Å². The van der Waals surface area contributed by atoms with Crippen LogP contribution in [0.3, 0.4) is 0 Å². The summed E-state index contributed by atoms with van der Waals surface area (Å²) in [5, 5.41) is 0. The SMILES string of the molecule is O=C(OCI)N(CI)C1CC(CI)N(CI)c2c(CI)c(CI)c(CI)c(CI)c21. The van der Waals surface area contributed by atoms with Crippen molar-refractivity contribution in [2.45, 2.75) is 36.2 Å². The van der Waals surface area contributed by atoms with Gasteiger partial charge in [-0.3, -0.25) is 4.90 Å². The second kappa shape index (κ2) is 15.4. The van der Waals surface area contributed by atoms with Gasteiger partial charge >= 0.3 is 6.09 Å². The van der Waals surface area contributed by atoms with Gasteiger partial charge in [0.1, 0.15) is 4.61 Å². The third-order valence-corrected chi connectivity index (χ3v) is 11.1. The lowest BCUT2D eigenvalue weighted by atomic mass is 9.82. The van der Waals surface area contributed by atoms with Crippen LogP contribution in [0.15, 0.2) is 0 Å². The molecule has 1 amide bonds. The first-order valence-corrected chi connectivity index (χ1v) is 21.1. The Kier molecular flexibility index (Phi) is 15.6. The van der Waals surface area contributed by atoms with Crippen LogP contribution < -0.4 is 4.90 Å². The molecule has 1 heterocycles. The highest BCUT2D eigenvalue weighted by Crippen LogP contribution is 2.49. The molecule has 4 nitrogen and oxygen atoms in total. The van der Waals surface area contributed by atoms with Gasteiger partial charge in [-0.25, -0.2) is 4.79 Å². The zero-order chi connectivity index (χ0) is 22.4. The minimum absolute atomic E-state index is 0.0581. The second-order valence-corrected chi connectivity index (χ2v) is 12.4. The van der Waals surface area contributed by atoms with E-state index in [1.165, 1.54) is 33.5 Å². The topological polar surface area (TPSA) is 32.8 Å². The number of nitrogens with zero attached hydrogens (tertiary/aromatic N) is 2. The average Bonchev–Trinajstić information content (AvgIpc) is 2.77. The first-order chi connectivity index (χ1) is 14.5. The van der Waals surface area contributed by atoms with Crippen molar-refractivity contribution in [2.24, 2.45) is 0 Å². The Morgan fingerprint density at radius 1 is 0.900 bits per heavy atom. The van der Waals surface area contributed by atoms with Gasteiger partial charge in [-0.15, -0.1) is 0 Å². The van der Waals surface area contributed by atoms with Crippen LogP contribution in [0, 0.1) is 0 Å². The molecule has 0 fully saturated rings. The van der Waals surface area contributed by atoms with Gasteiger partial charge in [0.15, 0.2) is 0 Å². The summed E-state index contributed by atoms with van der Waals surface area (Å²) >= 11 is 19.5. The third-order valence-electron chi connectivity index (χ3n) is 5.27. The summed E-state index contributed by atoms with van der Waals surface area (Å²) in [6.07, 6.45) is 0.752. The summed E-state index contributed by atoms with van der Waals surface area (Å²) in [5.74, 6) is 0. The summed E-state index contributed by atoms with van der Waals surface area (Å²) in [7, 11) is 0. The van der Waals surface area contributed by atoms with E-state index in [2.05, 4.69) is 186 Å². The van der Waals surface area contributed by atoms with Gasteiger partial charge in [-0.05, 0) is 51.3 Å². The molecule has 0 aromatic heterocycles. The van der Waals surface area contributed by atoms with Gasteiger partial charge in [0.05, 0.1) is 15.1 Å². The van der Waals surface area contributed by atoms with Crippen molar-refractivity contribution in [2.75, 3.05) is 23.0 Å². The normalized spacial score (nSPS) is 18.3. The van der Waals surface area contributed by atoms with E-state index < -0.39 is 0 Å². The molecule has 0 spiro atoms. The maximum absolute atomic E-state index is 12.9. The van der Waals surface area contributed by atoms with Crippen LogP contribution in [0.5, 0.6) is 0 Å². The second-order valence-electron chi connectivity index (χ2n) is 6.47. The predicted molar refractivity (Wildman–Crippen MR) is 195 cm³/mol. The van der Waals surface area contributed by atoms with Gasteiger partial charge in [-0.1, -0.05) is 158 Å². The van der Waals surface area contributed by atoms with E-state index in [9.17, 15) is 4.79 Å². The molecule has 2 atom stereocenters. The Labute approximate surface area is 288 Å². The molecule has 0 saturated carbocycles. The molecule has 2 unspecified atom stereocenters. The number of halogens is 8. The molecule has 1 aliphatic rings. The predicted octanol–water partition coefficient (Wildman–Crippen LogP) is 9.10. The van der Waals surface area contributed by atoms with Crippen LogP contribution in [-0.2, 0) is 22.4 Å². The van der Waals surface area contributed by atoms with Crippen LogP contribution in [0.1, 0.15) is 40.3 Å². The standard InChI is InChI=1S/C18H20I8N2O2/c19-2-10-1-15(28(8-25)18(29)30-9-26)16-13(5-22)11(3-20)12(4-21)14(6-23)17(16)27(10)7-24/h10,15H,1-9H2. The number of fused-ring (bicyclic) bond motifs is 1. The molecule has 1 aromatic rings. The maximum Gasteiger partial charge on any atom is 0.411 e. The largest absolute Gasteiger partial charge is 0.439 e. The highest BCUT2D eigenvalue weighted by Gasteiger charge is 2.41. The summed E-state index contributed by atoms with van der Waals surface area (Å²) < 4.78 is 12.4. The molecule has 170 valence electrons. The van der Waals surface area contributed by atoms with E-state index in [0.29, 0.717) is 15.2 Å². The fourth-order valence-corrected chi connectivity index (χ4v) is 10.2. The lowest BCUT2D eigenvalue weighted by molar-refractivity contribution is 0.109. The number of carbonyl (C=O) groups excluding carboxylic acids is 1. The lowest BCUT2D eigenvalue weighted by Gasteiger charge is -2.46. The van der Waals surface area contributed by atoms with Crippen molar-refractivity contribution in [3.63, 3.8) is 0 Å². The molecule has 0 saturated heterocycles.